The summed E-state index contributed by atoms with van der Waals surface area (Å²) in [5, 5.41) is 0.168. The Hall–Kier alpha value is -0.280. The summed E-state index contributed by atoms with van der Waals surface area (Å²) in [6.07, 6.45) is 1.95. The summed E-state index contributed by atoms with van der Waals surface area (Å²) in [6, 6.07) is 4.71. The summed E-state index contributed by atoms with van der Waals surface area (Å²) in [5.74, 6) is 0.408. The lowest BCUT2D eigenvalue weighted by molar-refractivity contribution is -0.0295. The van der Waals surface area contributed by atoms with Crippen molar-refractivity contribution in [1.82, 2.24) is 0 Å². The number of rotatable bonds is 3. The number of benzene rings is 1. The van der Waals surface area contributed by atoms with Crippen molar-refractivity contribution in [3.63, 3.8) is 0 Å². The molecule has 17 heavy (non-hydrogen) atoms. The van der Waals surface area contributed by atoms with Gasteiger partial charge >= 0.3 is 0 Å². The van der Waals surface area contributed by atoms with Crippen LogP contribution in [0.1, 0.15) is 26.7 Å². The van der Waals surface area contributed by atoms with Crippen LogP contribution in [0.15, 0.2) is 22.7 Å². The van der Waals surface area contributed by atoms with E-state index in [-0.39, 0.29) is 22.7 Å². The molecule has 2 rings (SSSR count). The third kappa shape index (κ3) is 2.32. The Morgan fingerprint density at radius 3 is 2.82 bits per heavy atom. The number of halogens is 3. The molecular formula is C13H15BrClFO. The van der Waals surface area contributed by atoms with Crippen LogP contribution in [0.4, 0.5) is 4.39 Å². The molecule has 0 aromatic heterocycles. The van der Waals surface area contributed by atoms with Gasteiger partial charge in [0.05, 0.1) is 4.47 Å². The second kappa shape index (κ2) is 4.77. The van der Waals surface area contributed by atoms with Crippen molar-refractivity contribution in [2.24, 2.45) is 5.41 Å². The van der Waals surface area contributed by atoms with Crippen LogP contribution in [0.2, 0.25) is 0 Å². The standard InChI is InChI=1S/C13H15BrClFO/c1-3-13(2)11(15)7-12(13)17-8-4-5-10(16)9(14)6-8/h4-6,11-12H,3,7H2,1-2H3. The minimum Gasteiger partial charge on any atom is -0.490 e. The van der Waals surface area contributed by atoms with Crippen molar-refractivity contribution in [3.8, 4) is 5.75 Å². The molecule has 0 aliphatic heterocycles. The highest BCUT2D eigenvalue weighted by molar-refractivity contribution is 9.10. The first-order valence-corrected chi connectivity index (χ1v) is 6.96. The fourth-order valence-corrected chi connectivity index (χ4v) is 2.93. The monoisotopic (exact) mass is 320 g/mol. The van der Waals surface area contributed by atoms with Crippen molar-refractivity contribution >= 4 is 27.5 Å². The van der Waals surface area contributed by atoms with E-state index in [1.54, 1.807) is 12.1 Å². The fraction of sp³-hybridized carbons (Fsp3) is 0.538. The van der Waals surface area contributed by atoms with Gasteiger partial charge in [0.15, 0.2) is 0 Å². The molecule has 1 fully saturated rings. The average molecular weight is 322 g/mol. The average Bonchev–Trinajstić information content (AvgIpc) is 2.32. The zero-order chi connectivity index (χ0) is 12.6. The van der Waals surface area contributed by atoms with Crippen LogP contribution in [0.3, 0.4) is 0 Å². The van der Waals surface area contributed by atoms with Gasteiger partial charge in [-0.3, -0.25) is 0 Å². The molecule has 1 aliphatic rings. The van der Waals surface area contributed by atoms with E-state index in [1.165, 1.54) is 6.07 Å². The van der Waals surface area contributed by atoms with Gasteiger partial charge in [-0.25, -0.2) is 4.39 Å². The quantitative estimate of drug-likeness (QED) is 0.729. The maximum Gasteiger partial charge on any atom is 0.137 e. The Morgan fingerprint density at radius 1 is 1.59 bits per heavy atom. The maximum atomic E-state index is 13.1. The topological polar surface area (TPSA) is 9.23 Å². The fourth-order valence-electron chi connectivity index (χ4n) is 2.11. The van der Waals surface area contributed by atoms with E-state index in [2.05, 4.69) is 29.8 Å². The number of alkyl halides is 1. The Morgan fingerprint density at radius 2 is 2.29 bits per heavy atom. The summed E-state index contributed by atoms with van der Waals surface area (Å²) < 4.78 is 19.4. The van der Waals surface area contributed by atoms with E-state index >= 15 is 0 Å². The first-order valence-electron chi connectivity index (χ1n) is 5.73. The van der Waals surface area contributed by atoms with Gasteiger partial charge in [-0.05, 0) is 40.5 Å². The Bertz CT molecular complexity index is 426. The Kier molecular flexibility index (Phi) is 3.69. The second-order valence-electron chi connectivity index (χ2n) is 4.75. The number of hydrogen-bond donors (Lipinski definition) is 0. The minimum absolute atomic E-state index is 0.0163. The first-order chi connectivity index (χ1) is 7.97. The third-order valence-corrected chi connectivity index (χ3v) is 5.09. The third-order valence-electron chi connectivity index (χ3n) is 3.80. The molecule has 0 spiro atoms. The van der Waals surface area contributed by atoms with E-state index in [4.69, 9.17) is 16.3 Å². The zero-order valence-corrected chi connectivity index (χ0v) is 12.2. The summed E-state index contributed by atoms with van der Waals surface area (Å²) in [5.41, 5.74) is 0.0163. The largest absolute Gasteiger partial charge is 0.490 e. The van der Waals surface area contributed by atoms with Crippen molar-refractivity contribution in [2.45, 2.75) is 38.2 Å². The first kappa shape index (κ1) is 13.2. The predicted molar refractivity (Wildman–Crippen MR) is 71.2 cm³/mol. The molecule has 0 heterocycles. The molecule has 1 aromatic carbocycles. The van der Waals surface area contributed by atoms with E-state index in [1.807, 2.05) is 0 Å². The zero-order valence-electron chi connectivity index (χ0n) is 9.84. The highest BCUT2D eigenvalue weighted by atomic mass is 79.9. The summed E-state index contributed by atoms with van der Waals surface area (Å²) >= 11 is 9.38. The minimum atomic E-state index is -0.278. The van der Waals surface area contributed by atoms with Crippen LogP contribution < -0.4 is 4.74 Å². The molecule has 0 N–H and O–H groups in total. The van der Waals surface area contributed by atoms with Gasteiger partial charge in [0.25, 0.3) is 0 Å². The predicted octanol–water partition coefficient (Wildman–Crippen LogP) is 4.76. The van der Waals surface area contributed by atoms with E-state index < -0.39 is 0 Å². The van der Waals surface area contributed by atoms with Crippen LogP contribution >= 0.6 is 27.5 Å². The van der Waals surface area contributed by atoms with Gasteiger partial charge < -0.3 is 4.74 Å². The highest BCUT2D eigenvalue weighted by Gasteiger charge is 2.51. The molecule has 0 radical (unpaired) electrons. The smallest absolute Gasteiger partial charge is 0.137 e. The Labute approximate surface area is 114 Å². The van der Waals surface area contributed by atoms with Gasteiger partial charge in [0.1, 0.15) is 17.7 Å². The molecular weight excluding hydrogens is 306 g/mol. The number of ether oxygens (including phenoxy) is 1. The number of hydrogen-bond acceptors (Lipinski definition) is 1. The van der Waals surface area contributed by atoms with Gasteiger partial charge in [0.2, 0.25) is 0 Å². The SMILES string of the molecule is CCC1(C)C(Cl)CC1Oc1ccc(F)c(Br)c1. The van der Waals surface area contributed by atoms with Gasteiger partial charge in [-0.2, -0.15) is 0 Å². The lowest BCUT2D eigenvalue weighted by Crippen LogP contribution is -2.55. The molecule has 0 bridgehead atoms. The van der Waals surface area contributed by atoms with Crippen LogP contribution in [-0.2, 0) is 0 Å². The lowest BCUT2D eigenvalue weighted by atomic mass is 9.65. The van der Waals surface area contributed by atoms with E-state index in [9.17, 15) is 4.39 Å². The van der Waals surface area contributed by atoms with Crippen molar-refractivity contribution in [3.05, 3.63) is 28.5 Å². The Balaban J connectivity index is 2.09. The van der Waals surface area contributed by atoms with Crippen molar-refractivity contribution in [2.75, 3.05) is 0 Å². The van der Waals surface area contributed by atoms with Crippen LogP contribution in [0.25, 0.3) is 0 Å². The highest BCUT2D eigenvalue weighted by Crippen LogP contribution is 2.49. The van der Waals surface area contributed by atoms with Crippen LogP contribution in [0.5, 0.6) is 5.75 Å². The molecule has 1 aliphatic carbocycles. The van der Waals surface area contributed by atoms with Gasteiger partial charge in [-0.15, -0.1) is 11.6 Å². The molecule has 4 heteroatoms. The molecule has 1 nitrogen and oxygen atoms in total. The lowest BCUT2D eigenvalue weighted by Gasteiger charge is -2.50. The van der Waals surface area contributed by atoms with Crippen LogP contribution in [0, 0.1) is 11.2 Å². The molecule has 94 valence electrons. The maximum absolute atomic E-state index is 13.1. The van der Waals surface area contributed by atoms with Gasteiger partial charge in [-0.1, -0.05) is 13.8 Å². The summed E-state index contributed by atoms with van der Waals surface area (Å²) in [4.78, 5) is 0. The van der Waals surface area contributed by atoms with Crippen LogP contribution in [-0.4, -0.2) is 11.5 Å². The van der Waals surface area contributed by atoms with Gasteiger partial charge in [0, 0.05) is 17.2 Å². The van der Waals surface area contributed by atoms with Crippen molar-refractivity contribution in [1.29, 1.82) is 0 Å². The molecule has 1 saturated carbocycles. The normalized spacial score (nSPS) is 32.1. The summed E-state index contributed by atoms with van der Waals surface area (Å²) in [7, 11) is 0. The molecule has 1 aromatic rings. The van der Waals surface area contributed by atoms with E-state index in [0.29, 0.717) is 10.2 Å². The van der Waals surface area contributed by atoms with E-state index in [0.717, 1.165) is 12.8 Å². The molecule has 3 unspecified atom stereocenters. The molecule has 0 amide bonds. The molecule has 0 saturated heterocycles. The second-order valence-corrected chi connectivity index (χ2v) is 6.13. The summed E-state index contributed by atoms with van der Waals surface area (Å²) in [6.45, 7) is 4.25. The molecule has 3 atom stereocenters. The van der Waals surface area contributed by atoms with Crippen molar-refractivity contribution < 1.29 is 9.13 Å².